The number of aryl methyl sites for hydroxylation is 1. The quantitative estimate of drug-likeness (QED) is 0.238. The van der Waals surface area contributed by atoms with Crippen molar-refractivity contribution in [2.45, 2.75) is 59.6 Å². The molecule has 2 aliphatic rings. The van der Waals surface area contributed by atoms with E-state index in [1.165, 1.54) is 11.1 Å². The van der Waals surface area contributed by atoms with E-state index in [1.807, 2.05) is 32.9 Å². The smallest absolute Gasteiger partial charge is 0.238 e. The Labute approximate surface area is 248 Å². The summed E-state index contributed by atoms with van der Waals surface area (Å²) in [7, 11) is 0. The first-order valence-corrected chi connectivity index (χ1v) is 13.1. The average Bonchev–Trinajstić information content (AvgIpc) is 3.28. The minimum atomic E-state index is -0.154. The summed E-state index contributed by atoms with van der Waals surface area (Å²) in [5.41, 5.74) is 6.07. The Bertz CT molecular complexity index is 1720. The first kappa shape index (κ1) is 27.8. The minimum absolute atomic E-state index is 0. The van der Waals surface area contributed by atoms with E-state index in [-0.39, 0.29) is 50.4 Å². The molecule has 8 heteroatoms. The van der Waals surface area contributed by atoms with Crippen molar-refractivity contribution in [2.24, 2.45) is 10.4 Å². The van der Waals surface area contributed by atoms with Crippen molar-refractivity contribution in [2.75, 3.05) is 0 Å². The van der Waals surface area contributed by atoms with E-state index in [1.54, 1.807) is 6.07 Å². The number of ether oxygens (including phenoxy) is 2. The van der Waals surface area contributed by atoms with Crippen molar-refractivity contribution in [3.8, 4) is 17.5 Å². The number of fused-ring (bicyclic) bond motifs is 3. The van der Waals surface area contributed by atoms with Crippen LogP contribution in [-0.2, 0) is 38.6 Å². The normalized spacial score (nSPS) is 18.9. The fourth-order valence-electron chi connectivity index (χ4n) is 5.83. The van der Waals surface area contributed by atoms with Crippen LogP contribution in [0.1, 0.15) is 47.4 Å². The number of hydrogen-bond donors (Lipinski definition) is 1. The number of aromatic nitrogens is 2. The standard InChI is InChI=1S/C32H29N4O3.Pt/c1-17-13-21-11-12-26(36-28(21)30(37)34-17)38-25-15-23(18(2)27(33-6)19(25)3)31-35-24-14-20-9-7-8-10-22(20)16-32(4,5)29(24)39-31;/h7-13,24,29H,14,16H2,1-5H3,(H,34,37);/q-1;/t24-,29+;/m0./s1. The number of hydrogen-bond acceptors (Lipinski definition) is 6. The third-order valence-electron chi connectivity index (χ3n) is 7.79. The second-order valence-corrected chi connectivity index (χ2v) is 11.1. The van der Waals surface area contributed by atoms with Gasteiger partial charge in [0.2, 0.25) is 11.8 Å². The molecule has 0 radical (unpaired) electrons. The molecular weight excluding hydrogens is 683 g/mol. The van der Waals surface area contributed by atoms with Crippen molar-refractivity contribution < 1.29 is 35.6 Å². The summed E-state index contributed by atoms with van der Waals surface area (Å²) in [4.78, 5) is 17.4. The van der Waals surface area contributed by atoms with E-state index >= 15 is 0 Å². The molecule has 0 fully saturated rings. The fraction of sp³-hybridized carbons (Fsp3) is 0.312. The second-order valence-electron chi connectivity index (χ2n) is 11.1. The molecule has 1 aliphatic heterocycles. The molecule has 4 aromatic rings. The summed E-state index contributed by atoms with van der Waals surface area (Å²) < 4.78 is 12.8. The zero-order chi connectivity index (χ0) is 27.5. The van der Waals surface area contributed by atoms with E-state index in [4.69, 9.17) is 21.0 Å². The summed E-state index contributed by atoms with van der Waals surface area (Å²) >= 11 is 0. The molecule has 3 heterocycles. The van der Waals surface area contributed by atoms with E-state index in [9.17, 15) is 5.11 Å². The second kappa shape index (κ2) is 10.3. The third-order valence-corrected chi connectivity index (χ3v) is 7.79. The molecule has 0 unspecified atom stereocenters. The topological polar surface area (TPSA) is 81.2 Å². The van der Waals surface area contributed by atoms with Crippen molar-refractivity contribution in [1.29, 1.82) is 0 Å². The van der Waals surface area contributed by atoms with Crippen LogP contribution in [0.5, 0.6) is 17.5 Å². The van der Waals surface area contributed by atoms with Gasteiger partial charge in [-0.15, -0.1) is 5.56 Å². The summed E-state index contributed by atoms with van der Waals surface area (Å²) in [6.07, 6.45) is 1.60. The molecule has 206 valence electrons. The van der Waals surface area contributed by atoms with E-state index < -0.39 is 0 Å². The minimum Gasteiger partial charge on any atom is -0.514 e. The van der Waals surface area contributed by atoms with Gasteiger partial charge in [0.25, 0.3) is 0 Å². The molecule has 1 N–H and O–H groups in total. The van der Waals surface area contributed by atoms with Crippen LogP contribution >= 0.6 is 0 Å². The van der Waals surface area contributed by atoms with Gasteiger partial charge in [0.05, 0.1) is 12.6 Å². The Morgan fingerprint density at radius 1 is 1.07 bits per heavy atom. The monoisotopic (exact) mass is 712 g/mol. The van der Waals surface area contributed by atoms with Gasteiger partial charge >= 0.3 is 0 Å². The Morgan fingerprint density at radius 2 is 1.82 bits per heavy atom. The summed E-state index contributed by atoms with van der Waals surface area (Å²) in [5, 5.41) is 11.1. The number of aliphatic imine (C=N–C) groups is 1. The molecule has 7 nitrogen and oxygen atoms in total. The van der Waals surface area contributed by atoms with E-state index in [2.05, 4.69) is 59.0 Å². The molecule has 0 bridgehead atoms. The third kappa shape index (κ3) is 4.75. The van der Waals surface area contributed by atoms with Crippen LogP contribution in [0, 0.1) is 38.8 Å². The van der Waals surface area contributed by atoms with Gasteiger partial charge in [-0.25, -0.2) is 9.97 Å². The van der Waals surface area contributed by atoms with Gasteiger partial charge in [0, 0.05) is 49.4 Å². The first-order valence-electron chi connectivity index (χ1n) is 13.1. The first-order chi connectivity index (χ1) is 18.6. The van der Waals surface area contributed by atoms with E-state index in [0.717, 1.165) is 23.8 Å². The fourth-order valence-corrected chi connectivity index (χ4v) is 5.83. The molecule has 2 atom stereocenters. The number of pyridine rings is 2. The van der Waals surface area contributed by atoms with Gasteiger partial charge < -0.3 is 14.6 Å². The predicted molar refractivity (Wildman–Crippen MR) is 150 cm³/mol. The molecule has 2 aromatic carbocycles. The molecule has 0 amide bonds. The SMILES string of the molecule is [C-]#[N+]c1c(C)c(Oc2ccc3cc(C)nc(O)c3n2)[c-]c(C2=N[C@H]3Cc4ccccc4CC(C)(C)[C@@H]3O2)c1C.[Pt]. The zero-order valence-corrected chi connectivity index (χ0v) is 25.3. The average molecular weight is 713 g/mol. The number of aromatic hydroxyl groups is 1. The largest absolute Gasteiger partial charge is 0.514 e. The van der Waals surface area contributed by atoms with Crippen LogP contribution in [0.3, 0.4) is 0 Å². The van der Waals surface area contributed by atoms with Crippen LogP contribution in [0.15, 0.2) is 47.5 Å². The number of nitrogens with zero attached hydrogens (tertiary/aromatic N) is 4. The van der Waals surface area contributed by atoms with Gasteiger partial charge in [0.1, 0.15) is 23.2 Å². The zero-order valence-electron chi connectivity index (χ0n) is 23.0. The number of rotatable bonds is 3. The van der Waals surface area contributed by atoms with Crippen LogP contribution in [0.25, 0.3) is 15.7 Å². The van der Waals surface area contributed by atoms with Crippen LogP contribution in [0.4, 0.5) is 5.69 Å². The van der Waals surface area contributed by atoms with Crippen molar-refractivity contribution in [3.05, 3.63) is 93.5 Å². The Kier molecular flexibility index (Phi) is 7.18. The van der Waals surface area contributed by atoms with Crippen molar-refractivity contribution in [3.63, 3.8) is 0 Å². The Hall–Kier alpha value is -3.75. The predicted octanol–water partition coefficient (Wildman–Crippen LogP) is 6.74. The summed E-state index contributed by atoms with van der Waals surface area (Å²) in [5.74, 6) is 0.981. The number of benzene rings is 2. The van der Waals surface area contributed by atoms with Gasteiger partial charge in [0.15, 0.2) is 0 Å². The van der Waals surface area contributed by atoms with Gasteiger partial charge in [-0.1, -0.05) is 69.2 Å². The molecule has 2 aromatic heterocycles. The molecule has 6 rings (SSSR count). The molecular formula is C32H29N4O3Pt-. The Morgan fingerprint density at radius 3 is 2.58 bits per heavy atom. The maximum Gasteiger partial charge on any atom is 0.238 e. The van der Waals surface area contributed by atoms with Crippen molar-refractivity contribution in [1.82, 2.24) is 9.97 Å². The van der Waals surface area contributed by atoms with Crippen LogP contribution in [0.2, 0.25) is 0 Å². The van der Waals surface area contributed by atoms with E-state index in [0.29, 0.717) is 39.7 Å². The maximum atomic E-state index is 10.3. The molecule has 0 saturated heterocycles. The Balaban J connectivity index is 0.00000323. The molecule has 40 heavy (non-hydrogen) atoms. The van der Waals surface area contributed by atoms with Crippen LogP contribution in [-0.4, -0.2) is 33.1 Å². The summed E-state index contributed by atoms with van der Waals surface area (Å²) in [6.45, 7) is 17.9. The van der Waals surface area contributed by atoms with Crippen LogP contribution < -0.4 is 4.74 Å². The molecule has 1 aliphatic carbocycles. The van der Waals surface area contributed by atoms with Crippen molar-refractivity contribution >= 4 is 22.5 Å². The molecule has 0 saturated carbocycles. The molecule has 0 spiro atoms. The van der Waals surface area contributed by atoms with Gasteiger partial charge in [-0.3, -0.25) is 9.84 Å². The van der Waals surface area contributed by atoms with Gasteiger partial charge in [-0.2, -0.15) is 0 Å². The maximum absolute atomic E-state index is 10.3. The van der Waals surface area contributed by atoms with Gasteiger partial charge in [-0.05, 0) is 43.0 Å². The summed E-state index contributed by atoms with van der Waals surface area (Å²) in [6, 6.07) is 17.3.